The van der Waals surface area contributed by atoms with Gasteiger partial charge in [-0.3, -0.25) is 0 Å². The van der Waals surface area contributed by atoms with Gasteiger partial charge in [-0.1, -0.05) is 24.3 Å². The molecule has 0 aliphatic heterocycles. The Kier molecular flexibility index (Phi) is 4.45. The van der Waals surface area contributed by atoms with E-state index in [0.29, 0.717) is 6.61 Å². The topological polar surface area (TPSA) is 41.5 Å². The lowest BCUT2D eigenvalue weighted by molar-refractivity contribution is 0.212. The molecule has 3 nitrogen and oxygen atoms in total. The third-order valence-corrected chi connectivity index (χ3v) is 2.92. The van der Waals surface area contributed by atoms with Crippen LogP contribution < -0.4 is 5.32 Å². The molecule has 0 unspecified atom stereocenters. The quantitative estimate of drug-likeness (QED) is 0.716. The van der Waals surface area contributed by atoms with E-state index >= 15 is 0 Å². The molecule has 3 heteroatoms. The highest BCUT2D eigenvalue weighted by Crippen LogP contribution is 2.20. The van der Waals surface area contributed by atoms with Gasteiger partial charge in [0, 0.05) is 6.42 Å². The van der Waals surface area contributed by atoms with Crippen LogP contribution in [0.5, 0.6) is 0 Å². The molecule has 0 radical (unpaired) electrons. The fourth-order valence-corrected chi connectivity index (χ4v) is 1.99. The average Bonchev–Trinajstić information content (AvgIpc) is 2.39. The van der Waals surface area contributed by atoms with Gasteiger partial charge in [0.15, 0.2) is 0 Å². The molecule has 2 N–H and O–H groups in total. The Morgan fingerprint density at radius 2 is 2.12 bits per heavy atom. The van der Waals surface area contributed by atoms with Crippen LogP contribution in [0.2, 0.25) is 0 Å². The molecule has 2 aliphatic rings. The Labute approximate surface area is 102 Å². The van der Waals surface area contributed by atoms with Crippen molar-refractivity contribution in [3.05, 3.63) is 47.4 Å². The Balaban J connectivity index is 1.93. The molecule has 0 saturated carbocycles. The third-order valence-electron chi connectivity index (χ3n) is 2.92. The molecule has 2 aliphatic carbocycles. The van der Waals surface area contributed by atoms with Gasteiger partial charge in [0.2, 0.25) is 0 Å². The predicted octanol–water partition coefficient (Wildman–Crippen LogP) is 2.38. The highest BCUT2D eigenvalue weighted by Gasteiger charge is 2.10. The van der Waals surface area contributed by atoms with Crippen LogP contribution in [0.3, 0.4) is 0 Å². The van der Waals surface area contributed by atoms with Crippen LogP contribution in [-0.4, -0.2) is 18.4 Å². The van der Waals surface area contributed by atoms with E-state index in [1.54, 1.807) is 0 Å². The van der Waals surface area contributed by atoms with Crippen LogP contribution in [0, 0.1) is 0 Å². The first-order valence-corrected chi connectivity index (χ1v) is 6.12. The first kappa shape index (κ1) is 12.0. The summed E-state index contributed by atoms with van der Waals surface area (Å²) in [4.78, 5) is 0. The molecule has 0 bridgehead atoms. The second-order valence-electron chi connectivity index (χ2n) is 4.19. The minimum Gasteiger partial charge on any atom is -0.491 e. The van der Waals surface area contributed by atoms with Crippen LogP contribution in [0.1, 0.15) is 25.7 Å². The van der Waals surface area contributed by atoms with E-state index in [4.69, 9.17) is 9.84 Å². The fourth-order valence-electron chi connectivity index (χ4n) is 1.99. The van der Waals surface area contributed by atoms with Gasteiger partial charge in [0.25, 0.3) is 0 Å². The molecule has 2 rings (SSSR count). The Morgan fingerprint density at radius 1 is 1.24 bits per heavy atom. The van der Waals surface area contributed by atoms with Gasteiger partial charge >= 0.3 is 0 Å². The standard InChI is InChI=1S/C14H19NO2/c16-11-15-13-8-4-5-9-14(13)17-10-12-6-2-1-3-7-12/h1-2,4,6,8,15-16H,3,5,7,9-11H2. The second-order valence-corrected chi connectivity index (χ2v) is 4.19. The van der Waals surface area contributed by atoms with Gasteiger partial charge in [0.05, 0.1) is 5.70 Å². The summed E-state index contributed by atoms with van der Waals surface area (Å²) in [5, 5.41) is 11.8. The summed E-state index contributed by atoms with van der Waals surface area (Å²) >= 11 is 0. The van der Waals surface area contributed by atoms with Gasteiger partial charge in [-0.15, -0.1) is 0 Å². The zero-order chi connectivity index (χ0) is 11.9. The lowest BCUT2D eigenvalue weighted by atomic mass is 10.1. The van der Waals surface area contributed by atoms with Crippen LogP contribution in [0.15, 0.2) is 47.4 Å². The van der Waals surface area contributed by atoms with Gasteiger partial charge < -0.3 is 15.2 Å². The van der Waals surface area contributed by atoms with Crippen molar-refractivity contribution in [2.24, 2.45) is 0 Å². The number of aliphatic hydroxyl groups is 1. The molecule has 0 aromatic heterocycles. The second kappa shape index (κ2) is 6.30. The summed E-state index contributed by atoms with van der Waals surface area (Å²) in [7, 11) is 0. The van der Waals surface area contributed by atoms with Gasteiger partial charge in [-0.05, 0) is 30.9 Å². The predicted molar refractivity (Wildman–Crippen MR) is 68.0 cm³/mol. The molecule has 0 aromatic carbocycles. The average molecular weight is 233 g/mol. The van der Waals surface area contributed by atoms with Crippen molar-refractivity contribution in [3.8, 4) is 0 Å². The monoisotopic (exact) mass is 233 g/mol. The lowest BCUT2D eigenvalue weighted by Crippen LogP contribution is -2.18. The van der Waals surface area contributed by atoms with Crippen molar-refractivity contribution in [3.63, 3.8) is 0 Å². The zero-order valence-corrected chi connectivity index (χ0v) is 9.98. The van der Waals surface area contributed by atoms with E-state index in [9.17, 15) is 0 Å². The number of hydrogen-bond donors (Lipinski definition) is 2. The third kappa shape index (κ3) is 3.49. The Hall–Kier alpha value is -1.48. The van der Waals surface area contributed by atoms with Gasteiger partial charge in [0.1, 0.15) is 19.1 Å². The van der Waals surface area contributed by atoms with E-state index < -0.39 is 0 Å². The molecule has 17 heavy (non-hydrogen) atoms. The first-order valence-electron chi connectivity index (χ1n) is 6.12. The summed E-state index contributed by atoms with van der Waals surface area (Å²) in [5.74, 6) is 0.956. The van der Waals surface area contributed by atoms with Crippen molar-refractivity contribution in [1.82, 2.24) is 5.32 Å². The molecule has 0 saturated heterocycles. The fraction of sp³-hybridized carbons (Fsp3) is 0.429. The number of allylic oxidation sites excluding steroid dienone is 6. The van der Waals surface area contributed by atoms with Crippen LogP contribution >= 0.6 is 0 Å². The highest BCUT2D eigenvalue weighted by atomic mass is 16.5. The zero-order valence-electron chi connectivity index (χ0n) is 9.98. The molecule has 0 fully saturated rings. The van der Waals surface area contributed by atoms with E-state index in [1.165, 1.54) is 5.57 Å². The minimum atomic E-state index is -0.0576. The summed E-state index contributed by atoms with van der Waals surface area (Å²) in [6.07, 6.45) is 14.6. The van der Waals surface area contributed by atoms with Crippen LogP contribution in [0.4, 0.5) is 0 Å². The minimum absolute atomic E-state index is 0.0576. The number of ether oxygens (including phenoxy) is 1. The maximum atomic E-state index is 8.90. The van der Waals surface area contributed by atoms with Crippen LogP contribution in [0.25, 0.3) is 0 Å². The maximum absolute atomic E-state index is 8.90. The molecule has 0 heterocycles. The number of aliphatic hydroxyl groups excluding tert-OH is 1. The number of nitrogens with one attached hydrogen (secondary N) is 1. The molecular weight excluding hydrogens is 214 g/mol. The smallest absolute Gasteiger partial charge is 0.120 e. The first-order chi connectivity index (χ1) is 8.40. The molecule has 0 amide bonds. The van der Waals surface area contributed by atoms with E-state index in [-0.39, 0.29) is 6.73 Å². The lowest BCUT2D eigenvalue weighted by Gasteiger charge is -2.19. The Bertz CT molecular complexity index is 378. The normalized spacial score (nSPS) is 19.2. The van der Waals surface area contributed by atoms with E-state index in [1.807, 2.05) is 6.08 Å². The van der Waals surface area contributed by atoms with Crippen LogP contribution in [-0.2, 0) is 4.74 Å². The number of rotatable bonds is 5. The van der Waals surface area contributed by atoms with Crippen molar-refractivity contribution in [2.75, 3.05) is 13.3 Å². The maximum Gasteiger partial charge on any atom is 0.120 e. The van der Waals surface area contributed by atoms with Crippen molar-refractivity contribution in [2.45, 2.75) is 25.7 Å². The summed E-state index contributed by atoms with van der Waals surface area (Å²) in [6, 6.07) is 0. The molecular formula is C14H19NO2. The van der Waals surface area contributed by atoms with E-state index in [2.05, 4.69) is 29.6 Å². The number of hydrogen-bond acceptors (Lipinski definition) is 3. The molecule has 92 valence electrons. The SMILES string of the molecule is OCNC1=C(OCC2=CC=CCC2)CCC=C1. The van der Waals surface area contributed by atoms with Crippen molar-refractivity contribution >= 4 is 0 Å². The largest absolute Gasteiger partial charge is 0.491 e. The molecule has 0 atom stereocenters. The van der Waals surface area contributed by atoms with Gasteiger partial charge in [-0.2, -0.15) is 0 Å². The summed E-state index contributed by atoms with van der Waals surface area (Å²) < 4.78 is 5.84. The van der Waals surface area contributed by atoms with E-state index in [0.717, 1.165) is 37.1 Å². The highest BCUT2D eigenvalue weighted by molar-refractivity contribution is 5.25. The Morgan fingerprint density at radius 3 is 2.88 bits per heavy atom. The van der Waals surface area contributed by atoms with Crippen molar-refractivity contribution < 1.29 is 9.84 Å². The summed E-state index contributed by atoms with van der Waals surface area (Å²) in [5.41, 5.74) is 2.24. The van der Waals surface area contributed by atoms with Crippen molar-refractivity contribution in [1.29, 1.82) is 0 Å². The summed E-state index contributed by atoms with van der Waals surface area (Å²) in [6.45, 7) is 0.599. The molecule has 0 spiro atoms. The molecule has 0 aromatic rings. The van der Waals surface area contributed by atoms with Gasteiger partial charge in [-0.25, -0.2) is 0 Å².